The Morgan fingerprint density at radius 2 is 1.68 bits per heavy atom. The normalized spacial score (nSPS) is 14.7. The van der Waals surface area contributed by atoms with Gasteiger partial charge >= 0.3 is 0 Å². The molecule has 0 spiro atoms. The van der Waals surface area contributed by atoms with Gasteiger partial charge in [-0.05, 0) is 60.9 Å². The number of hydrogen-bond donors (Lipinski definition) is 1. The Kier molecular flexibility index (Phi) is 6.57. The average molecular weight is 435 g/mol. The molecule has 1 aliphatic heterocycles. The largest absolute Gasteiger partial charge is 0.349 e. The minimum Gasteiger partial charge on any atom is -0.349 e. The van der Waals surface area contributed by atoms with E-state index in [-0.39, 0.29) is 23.7 Å². The molecule has 4 nitrogen and oxygen atoms in total. The Morgan fingerprint density at radius 3 is 2.39 bits per heavy atom. The van der Waals surface area contributed by atoms with E-state index in [0.29, 0.717) is 18.7 Å². The molecule has 4 rings (SSSR count). The topological polar surface area (TPSA) is 49.4 Å². The number of hydrogen-bond acceptors (Lipinski definition) is 3. The quantitative estimate of drug-likeness (QED) is 0.575. The monoisotopic (exact) mass is 434 g/mol. The van der Waals surface area contributed by atoms with Gasteiger partial charge in [-0.3, -0.25) is 9.59 Å². The van der Waals surface area contributed by atoms with Crippen molar-refractivity contribution in [1.82, 2.24) is 10.2 Å². The molecule has 0 unspecified atom stereocenters. The third kappa shape index (κ3) is 5.47. The van der Waals surface area contributed by atoms with Crippen molar-refractivity contribution in [3.8, 4) is 10.4 Å². The molecule has 0 atom stereocenters. The maximum Gasteiger partial charge on any atom is 0.251 e. The Morgan fingerprint density at radius 1 is 0.968 bits per heavy atom. The smallest absolute Gasteiger partial charge is 0.251 e. The third-order valence-electron chi connectivity index (χ3n) is 5.32. The molecule has 1 fully saturated rings. The van der Waals surface area contributed by atoms with E-state index < -0.39 is 0 Å². The van der Waals surface area contributed by atoms with Gasteiger partial charge in [0, 0.05) is 40.5 Å². The fourth-order valence-electron chi connectivity index (χ4n) is 3.57. The number of benzene rings is 2. The van der Waals surface area contributed by atoms with Gasteiger partial charge in [-0.25, -0.2) is 4.39 Å². The highest BCUT2D eigenvalue weighted by atomic mass is 32.1. The van der Waals surface area contributed by atoms with Gasteiger partial charge in [0.25, 0.3) is 5.91 Å². The van der Waals surface area contributed by atoms with Gasteiger partial charge < -0.3 is 10.2 Å². The summed E-state index contributed by atoms with van der Waals surface area (Å²) in [7, 11) is 0. The molecule has 1 saturated heterocycles. The van der Waals surface area contributed by atoms with Crippen molar-refractivity contribution in [1.29, 1.82) is 0 Å². The number of piperidine rings is 1. The molecule has 3 aromatic rings. The lowest BCUT2D eigenvalue weighted by Gasteiger charge is -2.31. The van der Waals surface area contributed by atoms with Crippen LogP contribution in [0.5, 0.6) is 0 Å². The highest BCUT2D eigenvalue weighted by Crippen LogP contribution is 2.29. The number of likely N-dealkylation sites (tertiary alicyclic amines) is 1. The van der Waals surface area contributed by atoms with Crippen LogP contribution in [-0.4, -0.2) is 35.8 Å². The van der Waals surface area contributed by atoms with E-state index in [4.69, 9.17) is 0 Å². The lowest BCUT2D eigenvalue weighted by atomic mass is 10.0. The van der Waals surface area contributed by atoms with Crippen LogP contribution in [0.15, 0.2) is 72.8 Å². The van der Waals surface area contributed by atoms with Crippen LogP contribution in [0.4, 0.5) is 4.39 Å². The zero-order valence-corrected chi connectivity index (χ0v) is 17.8. The first-order valence-electron chi connectivity index (χ1n) is 10.3. The van der Waals surface area contributed by atoms with Gasteiger partial charge in [-0.15, -0.1) is 11.3 Å². The molecule has 158 valence electrons. The van der Waals surface area contributed by atoms with Crippen LogP contribution in [0.2, 0.25) is 0 Å². The van der Waals surface area contributed by atoms with Crippen LogP contribution < -0.4 is 5.32 Å². The number of carbonyl (C=O) groups excluding carboxylic acids is 2. The Hall–Kier alpha value is -3.25. The van der Waals surface area contributed by atoms with Gasteiger partial charge in [0.1, 0.15) is 5.82 Å². The van der Waals surface area contributed by atoms with Crippen molar-refractivity contribution in [2.75, 3.05) is 13.1 Å². The van der Waals surface area contributed by atoms with Crippen molar-refractivity contribution >= 4 is 29.2 Å². The fraction of sp³-hybridized carbons (Fsp3) is 0.200. The second kappa shape index (κ2) is 9.71. The zero-order chi connectivity index (χ0) is 21.6. The van der Waals surface area contributed by atoms with Crippen LogP contribution >= 0.6 is 11.3 Å². The minimum atomic E-state index is -0.255. The number of amides is 2. The second-order valence-electron chi connectivity index (χ2n) is 7.48. The molecule has 0 saturated carbocycles. The van der Waals surface area contributed by atoms with Crippen LogP contribution in [0, 0.1) is 5.82 Å². The first-order chi connectivity index (χ1) is 15.1. The summed E-state index contributed by atoms with van der Waals surface area (Å²) in [5, 5.41) is 3.06. The number of carbonyl (C=O) groups is 2. The van der Waals surface area contributed by atoms with E-state index in [9.17, 15) is 14.0 Å². The number of halogens is 1. The molecule has 0 aliphatic carbocycles. The molecule has 0 radical (unpaired) electrons. The number of rotatable bonds is 5. The number of nitrogens with one attached hydrogen (secondary N) is 1. The standard InChI is InChI=1S/C25H23FN2O2S/c26-20-8-6-18(7-9-20)23-12-10-22(31-23)11-13-24(29)28-16-14-21(15-17-28)27-25(30)19-4-2-1-3-5-19/h1-13,21H,14-17H2,(H,27,30)/b13-11+. The summed E-state index contributed by atoms with van der Waals surface area (Å²) >= 11 is 1.56. The maximum absolute atomic E-state index is 13.1. The van der Waals surface area contributed by atoms with Crippen molar-refractivity contribution < 1.29 is 14.0 Å². The summed E-state index contributed by atoms with van der Waals surface area (Å²) in [5.41, 5.74) is 1.61. The van der Waals surface area contributed by atoms with Gasteiger partial charge in [-0.2, -0.15) is 0 Å². The van der Waals surface area contributed by atoms with Gasteiger partial charge in [-0.1, -0.05) is 30.3 Å². The molecular weight excluding hydrogens is 411 g/mol. The fourth-order valence-corrected chi connectivity index (χ4v) is 4.49. The summed E-state index contributed by atoms with van der Waals surface area (Å²) < 4.78 is 13.1. The number of nitrogens with zero attached hydrogens (tertiary/aromatic N) is 1. The van der Waals surface area contributed by atoms with Crippen LogP contribution in [0.3, 0.4) is 0 Å². The minimum absolute atomic E-state index is 0.0235. The van der Waals surface area contributed by atoms with Crippen molar-refractivity contribution in [2.45, 2.75) is 18.9 Å². The van der Waals surface area contributed by atoms with E-state index in [1.54, 1.807) is 41.7 Å². The summed E-state index contributed by atoms with van der Waals surface area (Å²) in [6.07, 6.45) is 4.91. The lowest BCUT2D eigenvalue weighted by molar-refractivity contribution is -0.126. The molecule has 1 N–H and O–H groups in total. The molecule has 6 heteroatoms. The van der Waals surface area contributed by atoms with Crippen molar-refractivity contribution in [2.24, 2.45) is 0 Å². The molecule has 2 heterocycles. The lowest BCUT2D eigenvalue weighted by Crippen LogP contribution is -2.46. The SMILES string of the molecule is O=C(NC1CCN(C(=O)/C=C/c2ccc(-c3ccc(F)cc3)s2)CC1)c1ccccc1. The predicted molar refractivity (Wildman–Crippen MR) is 122 cm³/mol. The highest BCUT2D eigenvalue weighted by Gasteiger charge is 2.23. The molecular formula is C25H23FN2O2S. The van der Waals surface area contributed by atoms with E-state index in [1.807, 2.05) is 41.3 Å². The summed E-state index contributed by atoms with van der Waals surface area (Å²) in [6, 6.07) is 19.6. The summed E-state index contributed by atoms with van der Waals surface area (Å²) in [4.78, 5) is 28.7. The van der Waals surface area contributed by atoms with Crippen molar-refractivity contribution in [3.05, 3.63) is 89.1 Å². The van der Waals surface area contributed by atoms with Gasteiger partial charge in [0.15, 0.2) is 0 Å². The maximum atomic E-state index is 13.1. The van der Waals surface area contributed by atoms with Crippen LogP contribution in [0.1, 0.15) is 28.1 Å². The first kappa shape index (κ1) is 21.0. The molecule has 1 aromatic heterocycles. The first-order valence-corrected chi connectivity index (χ1v) is 11.1. The third-order valence-corrected chi connectivity index (χ3v) is 6.42. The van der Waals surface area contributed by atoms with E-state index in [1.165, 1.54) is 12.1 Å². The van der Waals surface area contributed by atoms with Crippen LogP contribution in [0.25, 0.3) is 16.5 Å². The molecule has 2 amide bonds. The van der Waals surface area contributed by atoms with Crippen molar-refractivity contribution in [3.63, 3.8) is 0 Å². The predicted octanol–water partition coefficient (Wildman–Crippen LogP) is 4.99. The van der Waals surface area contributed by atoms with Crippen LogP contribution in [-0.2, 0) is 4.79 Å². The highest BCUT2D eigenvalue weighted by molar-refractivity contribution is 7.16. The van der Waals surface area contributed by atoms with E-state index in [0.717, 1.165) is 28.2 Å². The molecule has 0 bridgehead atoms. The van der Waals surface area contributed by atoms with Gasteiger partial charge in [0.2, 0.25) is 5.91 Å². The summed E-state index contributed by atoms with van der Waals surface area (Å²) in [5.74, 6) is -0.348. The molecule has 1 aliphatic rings. The average Bonchev–Trinajstić information content (AvgIpc) is 3.28. The molecule has 2 aromatic carbocycles. The zero-order valence-electron chi connectivity index (χ0n) is 17.0. The number of thiophene rings is 1. The second-order valence-corrected chi connectivity index (χ2v) is 8.60. The Labute approximate surface area is 185 Å². The summed E-state index contributed by atoms with van der Waals surface area (Å²) in [6.45, 7) is 1.24. The van der Waals surface area contributed by atoms with E-state index >= 15 is 0 Å². The molecule has 31 heavy (non-hydrogen) atoms. The van der Waals surface area contributed by atoms with Gasteiger partial charge in [0.05, 0.1) is 0 Å². The Balaban J connectivity index is 1.28. The Bertz CT molecular complexity index is 1070. The van der Waals surface area contributed by atoms with E-state index in [2.05, 4.69) is 5.32 Å².